The fraction of sp³-hybridized carbons (Fsp3) is 0.220. The van der Waals surface area contributed by atoms with Crippen molar-refractivity contribution in [2.45, 2.75) is 69.1 Å². The highest BCUT2D eigenvalue weighted by Gasteiger charge is 2.36. The molecule has 1 aliphatic heterocycles. The van der Waals surface area contributed by atoms with Crippen molar-refractivity contribution in [2.75, 3.05) is 0 Å². The number of nitrogens with zero attached hydrogens (tertiary/aromatic N) is 1. The van der Waals surface area contributed by atoms with E-state index in [1.54, 1.807) is 0 Å². The maximum Gasteiger partial charge on any atom is 0.244 e. The summed E-state index contributed by atoms with van der Waals surface area (Å²) in [4.78, 5) is 2.73. The fourth-order valence-electron chi connectivity index (χ4n) is 7.43. The van der Waals surface area contributed by atoms with Crippen LogP contribution >= 0.6 is 23.1 Å². The Morgan fingerprint density at radius 3 is 1.98 bits per heavy atom. The van der Waals surface area contributed by atoms with Gasteiger partial charge in [0.2, 0.25) is 6.71 Å². The Kier molecular flexibility index (Phi) is 7.00. The Labute approximate surface area is 275 Å². The number of para-hydroxylation sites is 1. The second-order valence-corrected chi connectivity index (χ2v) is 15.6. The molecule has 8 rings (SSSR count). The number of hydrogen-bond acceptors (Lipinski definition) is 2. The molecule has 0 fully saturated rings. The topological polar surface area (TPSA) is 4.93 Å². The van der Waals surface area contributed by atoms with Crippen molar-refractivity contribution in [1.29, 1.82) is 0 Å². The third-order valence-electron chi connectivity index (χ3n) is 9.66. The molecule has 0 radical (unpaired) electrons. The molecule has 0 aliphatic carbocycles. The van der Waals surface area contributed by atoms with Crippen LogP contribution in [0.25, 0.3) is 36.9 Å². The van der Waals surface area contributed by atoms with E-state index in [9.17, 15) is 0 Å². The number of rotatable bonds is 5. The van der Waals surface area contributed by atoms with Gasteiger partial charge in [0.25, 0.3) is 0 Å². The van der Waals surface area contributed by atoms with Gasteiger partial charge in [-0.05, 0) is 64.8 Å². The Bertz CT molecular complexity index is 2210. The van der Waals surface area contributed by atoms with Gasteiger partial charge in [0.05, 0.1) is 15.7 Å². The summed E-state index contributed by atoms with van der Waals surface area (Å²) in [5, 5.41) is 2.66. The van der Waals surface area contributed by atoms with Gasteiger partial charge in [-0.25, -0.2) is 0 Å². The predicted molar refractivity (Wildman–Crippen MR) is 200 cm³/mol. The highest BCUT2D eigenvalue weighted by atomic mass is 32.2. The lowest BCUT2D eigenvalue weighted by molar-refractivity contribution is 0.812. The maximum absolute atomic E-state index is 2.51. The van der Waals surface area contributed by atoms with Crippen LogP contribution in [-0.4, -0.2) is 11.3 Å². The van der Waals surface area contributed by atoms with E-state index >= 15 is 0 Å². The van der Waals surface area contributed by atoms with Gasteiger partial charge in [0.1, 0.15) is 0 Å². The fourth-order valence-corrected chi connectivity index (χ4v) is 9.82. The van der Waals surface area contributed by atoms with Gasteiger partial charge >= 0.3 is 0 Å². The molecule has 4 heteroatoms. The summed E-state index contributed by atoms with van der Waals surface area (Å²) in [6.07, 6.45) is 0. The lowest BCUT2D eigenvalue weighted by Gasteiger charge is -2.32. The van der Waals surface area contributed by atoms with Crippen LogP contribution in [0.3, 0.4) is 0 Å². The lowest BCUT2D eigenvalue weighted by Crippen LogP contribution is -2.57. The lowest BCUT2D eigenvalue weighted by atomic mass is 9.34. The zero-order valence-electron chi connectivity index (χ0n) is 26.9. The third kappa shape index (κ3) is 4.52. The van der Waals surface area contributed by atoms with E-state index < -0.39 is 0 Å². The van der Waals surface area contributed by atoms with Gasteiger partial charge < -0.3 is 4.57 Å². The Hall–Kier alpha value is -3.73. The summed E-state index contributed by atoms with van der Waals surface area (Å²) in [6.45, 7) is 14.3. The average Bonchev–Trinajstić information content (AvgIpc) is 3.57. The molecule has 1 nitrogen and oxygen atoms in total. The van der Waals surface area contributed by atoms with Crippen molar-refractivity contribution < 1.29 is 0 Å². The second kappa shape index (κ2) is 11.0. The molecular formula is C41H38BNS2. The Morgan fingerprint density at radius 2 is 1.24 bits per heavy atom. The van der Waals surface area contributed by atoms with Crippen LogP contribution in [0.5, 0.6) is 0 Å². The van der Waals surface area contributed by atoms with Crippen molar-refractivity contribution in [1.82, 2.24) is 4.57 Å². The summed E-state index contributed by atoms with van der Waals surface area (Å²) in [6, 6.07) is 39.2. The Morgan fingerprint density at radius 1 is 0.600 bits per heavy atom. The molecule has 2 aromatic heterocycles. The highest BCUT2D eigenvalue weighted by molar-refractivity contribution is 8.00. The molecule has 0 saturated carbocycles. The van der Waals surface area contributed by atoms with Crippen LogP contribution in [0.2, 0.25) is 0 Å². The maximum atomic E-state index is 2.51. The van der Waals surface area contributed by atoms with Crippen LogP contribution in [0.15, 0.2) is 113 Å². The zero-order chi connectivity index (χ0) is 31.0. The van der Waals surface area contributed by atoms with E-state index in [0.717, 1.165) is 0 Å². The summed E-state index contributed by atoms with van der Waals surface area (Å²) in [5.41, 5.74) is 12.6. The van der Waals surface area contributed by atoms with Gasteiger partial charge in [0.15, 0.2) is 0 Å². The number of benzene rings is 5. The van der Waals surface area contributed by atoms with Crippen LogP contribution in [0, 0.1) is 0 Å². The van der Waals surface area contributed by atoms with Crippen molar-refractivity contribution in [3.05, 3.63) is 120 Å². The van der Waals surface area contributed by atoms with Gasteiger partial charge in [0, 0.05) is 31.0 Å². The molecule has 0 unspecified atom stereocenters. The average molecular weight is 620 g/mol. The van der Waals surface area contributed by atoms with E-state index in [2.05, 4.69) is 149 Å². The van der Waals surface area contributed by atoms with E-state index in [-0.39, 0.29) is 6.71 Å². The zero-order valence-corrected chi connectivity index (χ0v) is 28.5. The SMILES string of the molecule is CC(C)c1cc(C(C)C)c(B2c3ccccc3Sc3cc(-n4c5ccccc5c5sc6ccccc6c54)ccc32)c(C(C)C)c1. The number of thiophene rings is 1. The highest BCUT2D eigenvalue weighted by Crippen LogP contribution is 2.43. The first-order valence-corrected chi connectivity index (χ1v) is 17.9. The molecule has 0 N–H and O–H groups in total. The summed E-state index contributed by atoms with van der Waals surface area (Å²) in [7, 11) is 0. The quantitative estimate of drug-likeness (QED) is 0.174. The van der Waals surface area contributed by atoms with Gasteiger partial charge in [-0.3, -0.25) is 0 Å². The molecule has 222 valence electrons. The van der Waals surface area contributed by atoms with Crippen molar-refractivity contribution in [3.8, 4) is 5.69 Å². The largest absolute Gasteiger partial charge is 0.308 e. The Balaban J connectivity index is 1.40. The van der Waals surface area contributed by atoms with Gasteiger partial charge in [-0.15, -0.1) is 11.3 Å². The van der Waals surface area contributed by atoms with Gasteiger partial charge in [-0.1, -0.05) is 142 Å². The molecule has 7 aromatic rings. The van der Waals surface area contributed by atoms with Crippen LogP contribution in [0.4, 0.5) is 0 Å². The molecule has 0 atom stereocenters. The van der Waals surface area contributed by atoms with Gasteiger partial charge in [-0.2, -0.15) is 0 Å². The number of aromatic nitrogens is 1. The summed E-state index contributed by atoms with van der Waals surface area (Å²) < 4.78 is 5.22. The predicted octanol–water partition coefficient (Wildman–Crippen LogP) is 10.3. The molecular weight excluding hydrogens is 581 g/mol. The summed E-state index contributed by atoms with van der Waals surface area (Å²) >= 11 is 3.84. The molecule has 0 amide bonds. The number of hydrogen-bond donors (Lipinski definition) is 0. The minimum absolute atomic E-state index is 0.200. The smallest absolute Gasteiger partial charge is 0.244 e. The van der Waals surface area contributed by atoms with Crippen LogP contribution in [0.1, 0.15) is 76.0 Å². The molecule has 3 heterocycles. The molecule has 0 bridgehead atoms. The van der Waals surface area contributed by atoms with E-state index in [4.69, 9.17) is 0 Å². The molecule has 5 aromatic carbocycles. The minimum Gasteiger partial charge on any atom is -0.308 e. The molecule has 45 heavy (non-hydrogen) atoms. The summed E-state index contributed by atoms with van der Waals surface area (Å²) in [5.74, 6) is 1.37. The van der Waals surface area contributed by atoms with E-state index in [1.807, 2.05) is 23.1 Å². The van der Waals surface area contributed by atoms with Crippen molar-refractivity contribution in [2.24, 2.45) is 0 Å². The third-order valence-corrected chi connectivity index (χ3v) is 12.0. The first kappa shape index (κ1) is 28.7. The van der Waals surface area contributed by atoms with Crippen molar-refractivity contribution in [3.63, 3.8) is 0 Å². The first-order valence-electron chi connectivity index (χ1n) is 16.3. The van der Waals surface area contributed by atoms with E-state index in [1.165, 1.54) is 79.8 Å². The van der Waals surface area contributed by atoms with Crippen molar-refractivity contribution >= 4 is 77.4 Å². The van der Waals surface area contributed by atoms with Crippen LogP contribution < -0.4 is 16.4 Å². The molecule has 1 aliphatic rings. The monoisotopic (exact) mass is 619 g/mol. The standard InChI is InChI=1S/C41H38BNS2/c1-24(2)27-21-31(25(3)4)39(32(22-27)26(5)6)42-33-15-9-12-18-37(33)44-38-23-28(19-20-34(38)42)43-35-16-10-7-13-29(35)41-40(43)30-14-8-11-17-36(30)45-41/h7-26H,1-6H3. The first-order chi connectivity index (χ1) is 21.8. The number of fused-ring (bicyclic) bond motifs is 7. The van der Waals surface area contributed by atoms with Crippen LogP contribution in [-0.2, 0) is 0 Å². The minimum atomic E-state index is 0.200. The molecule has 0 saturated heterocycles. The molecule has 0 spiro atoms. The second-order valence-electron chi connectivity index (χ2n) is 13.5. The van der Waals surface area contributed by atoms with E-state index in [0.29, 0.717) is 17.8 Å². The normalized spacial score (nSPS) is 13.1.